The predicted octanol–water partition coefficient (Wildman–Crippen LogP) is -0.366. The minimum absolute atomic E-state index is 0.0125. The zero-order valence-corrected chi connectivity index (χ0v) is 11.3. The largest absolute Gasteiger partial charge is 0.481 e. The molecule has 8 nitrogen and oxygen atoms in total. The van der Waals surface area contributed by atoms with E-state index >= 15 is 0 Å². The van der Waals surface area contributed by atoms with Gasteiger partial charge in [0, 0.05) is 12.8 Å². The molecule has 0 rings (SSSR count). The monoisotopic (exact) mass is 289 g/mol. The Bertz CT molecular complexity index is 367. The van der Waals surface area contributed by atoms with Gasteiger partial charge in [-0.25, -0.2) is 0 Å². The first-order valence-electron chi connectivity index (χ1n) is 6.12. The molecular formula is C12H19NO7. The average Bonchev–Trinajstić information content (AvgIpc) is 2.38. The highest BCUT2D eigenvalue weighted by Gasteiger charge is 2.16. The summed E-state index contributed by atoms with van der Waals surface area (Å²) in [5, 5.41) is 8.42. The Labute approximate surface area is 116 Å². The van der Waals surface area contributed by atoms with Gasteiger partial charge in [0.1, 0.15) is 25.0 Å². The number of Topliss-reactive ketones (excluding diaryl/α,β-unsaturated/α-hetero) is 1. The number of rotatable bonds is 10. The SMILES string of the molecule is CC(=O)CCC(=O)OCCOC(=O)C(N)CCC(=O)O. The predicted molar refractivity (Wildman–Crippen MR) is 66.7 cm³/mol. The van der Waals surface area contributed by atoms with Crippen LogP contribution in [0.1, 0.15) is 32.6 Å². The first-order chi connectivity index (χ1) is 9.32. The van der Waals surface area contributed by atoms with E-state index in [-0.39, 0.29) is 44.7 Å². The van der Waals surface area contributed by atoms with Crippen molar-refractivity contribution in [3.8, 4) is 0 Å². The smallest absolute Gasteiger partial charge is 0.323 e. The standard InChI is InChI=1S/C12H19NO7/c1-8(14)2-5-11(17)19-6-7-20-12(18)9(13)3-4-10(15)16/h9H,2-7,13H2,1H3,(H,15,16). The Morgan fingerprint density at radius 3 is 2.20 bits per heavy atom. The van der Waals surface area contributed by atoms with Crippen LogP contribution in [0.5, 0.6) is 0 Å². The number of carboxylic acids is 1. The van der Waals surface area contributed by atoms with E-state index in [2.05, 4.69) is 0 Å². The van der Waals surface area contributed by atoms with E-state index < -0.39 is 23.9 Å². The van der Waals surface area contributed by atoms with Crippen molar-refractivity contribution in [2.45, 2.75) is 38.6 Å². The lowest BCUT2D eigenvalue weighted by molar-refractivity contribution is -0.153. The Morgan fingerprint density at radius 2 is 1.65 bits per heavy atom. The lowest BCUT2D eigenvalue weighted by Crippen LogP contribution is -2.33. The van der Waals surface area contributed by atoms with Crippen LogP contribution in [0.15, 0.2) is 0 Å². The van der Waals surface area contributed by atoms with Gasteiger partial charge in [-0.3, -0.25) is 14.4 Å². The molecule has 0 bridgehead atoms. The Balaban J connectivity index is 3.68. The number of nitrogens with two attached hydrogens (primary N) is 1. The molecule has 1 atom stereocenters. The zero-order valence-electron chi connectivity index (χ0n) is 11.3. The maximum absolute atomic E-state index is 11.3. The number of hydrogen-bond acceptors (Lipinski definition) is 7. The normalized spacial score (nSPS) is 11.5. The van der Waals surface area contributed by atoms with Gasteiger partial charge in [-0.2, -0.15) is 0 Å². The number of hydrogen-bond donors (Lipinski definition) is 2. The zero-order chi connectivity index (χ0) is 15.5. The molecule has 0 aliphatic heterocycles. The summed E-state index contributed by atoms with van der Waals surface area (Å²) in [6.07, 6.45) is -0.150. The second kappa shape index (κ2) is 9.90. The second-order valence-corrected chi connectivity index (χ2v) is 4.13. The number of carbonyl (C=O) groups is 4. The summed E-state index contributed by atoms with van der Waals surface area (Å²) in [6.45, 7) is 1.08. The van der Waals surface area contributed by atoms with Gasteiger partial charge in [-0.1, -0.05) is 0 Å². The van der Waals surface area contributed by atoms with E-state index in [1.807, 2.05) is 0 Å². The van der Waals surface area contributed by atoms with Gasteiger partial charge in [-0.15, -0.1) is 0 Å². The highest BCUT2D eigenvalue weighted by molar-refractivity contribution is 5.81. The number of ether oxygens (including phenoxy) is 2. The van der Waals surface area contributed by atoms with Crippen LogP contribution >= 0.6 is 0 Å². The van der Waals surface area contributed by atoms with E-state index in [9.17, 15) is 19.2 Å². The maximum Gasteiger partial charge on any atom is 0.323 e. The van der Waals surface area contributed by atoms with Crippen LogP contribution in [-0.2, 0) is 28.7 Å². The first kappa shape index (κ1) is 18.0. The molecule has 0 fully saturated rings. The average molecular weight is 289 g/mol. The number of carbonyl (C=O) groups excluding carboxylic acids is 3. The third-order valence-electron chi connectivity index (χ3n) is 2.24. The highest BCUT2D eigenvalue weighted by Crippen LogP contribution is 1.98. The van der Waals surface area contributed by atoms with E-state index in [0.717, 1.165) is 0 Å². The van der Waals surface area contributed by atoms with Crippen molar-refractivity contribution < 1.29 is 33.8 Å². The molecule has 0 spiro atoms. The van der Waals surface area contributed by atoms with Crippen molar-refractivity contribution in [3.05, 3.63) is 0 Å². The van der Waals surface area contributed by atoms with Crippen molar-refractivity contribution in [2.24, 2.45) is 5.73 Å². The lowest BCUT2D eigenvalue weighted by Gasteiger charge is -2.10. The topological polar surface area (TPSA) is 133 Å². The minimum Gasteiger partial charge on any atom is -0.481 e. The highest BCUT2D eigenvalue weighted by atomic mass is 16.6. The molecule has 0 aromatic carbocycles. The van der Waals surface area contributed by atoms with E-state index in [4.69, 9.17) is 20.3 Å². The van der Waals surface area contributed by atoms with E-state index in [0.29, 0.717) is 0 Å². The van der Waals surface area contributed by atoms with Gasteiger partial charge in [0.2, 0.25) is 0 Å². The van der Waals surface area contributed by atoms with Crippen molar-refractivity contribution >= 4 is 23.7 Å². The minimum atomic E-state index is -1.05. The van der Waals surface area contributed by atoms with Crippen LogP contribution < -0.4 is 5.73 Å². The van der Waals surface area contributed by atoms with Crippen molar-refractivity contribution in [3.63, 3.8) is 0 Å². The molecule has 3 N–H and O–H groups in total. The van der Waals surface area contributed by atoms with Gasteiger partial charge < -0.3 is 25.1 Å². The molecule has 1 unspecified atom stereocenters. The summed E-state index contributed by atoms with van der Waals surface area (Å²) < 4.78 is 9.43. The Hall–Kier alpha value is -1.96. The van der Waals surface area contributed by atoms with Gasteiger partial charge in [0.05, 0.1) is 6.42 Å². The summed E-state index contributed by atoms with van der Waals surface area (Å²) in [5.74, 6) is -2.46. The van der Waals surface area contributed by atoms with Crippen molar-refractivity contribution in [1.29, 1.82) is 0 Å². The van der Waals surface area contributed by atoms with Gasteiger partial charge >= 0.3 is 17.9 Å². The fraction of sp³-hybridized carbons (Fsp3) is 0.667. The molecule has 20 heavy (non-hydrogen) atoms. The summed E-state index contributed by atoms with van der Waals surface area (Å²) in [6, 6.07) is -1.01. The van der Waals surface area contributed by atoms with Gasteiger partial charge in [-0.05, 0) is 13.3 Å². The molecule has 114 valence electrons. The van der Waals surface area contributed by atoms with Crippen LogP contribution in [0.4, 0.5) is 0 Å². The second-order valence-electron chi connectivity index (χ2n) is 4.13. The lowest BCUT2D eigenvalue weighted by atomic mass is 10.2. The molecule has 0 aromatic rings. The number of aliphatic carboxylic acids is 1. The molecular weight excluding hydrogens is 270 g/mol. The number of carboxylic acid groups (broad SMARTS) is 1. The molecule has 0 heterocycles. The van der Waals surface area contributed by atoms with Gasteiger partial charge in [0.15, 0.2) is 0 Å². The van der Waals surface area contributed by atoms with Crippen LogP contribution in [0, 0.1) is 0 Å². The van der Waals surface area contributed by atoms with Crippen LogP contribution in [0.25, 0.3) is 0 Å². The van der Waals surface area contributed by atoms with Crippen LogP contribution in [0.3, 0.4) is 0 Å². The van der Waals surface area contributed by atoms with E-state index in [1.165, 1.54) is 6.92 Å². The Kier molecular flexibility index (Phi) is 8.93. The van der Waals surface area contributed by atoms with Crippen molar-refractivity contribution in [2.75, 3.05) is 13.2 Å². The third kappa shape index (κ3) is 10.0. The Morgan fingerprint density at radius 1 is 1.05 bits per heavy atom. The molecule has 0 saturated heterocycles. The first-order valence-corrected chi connectivity index (χ1v) is 6.12. The molecule has 0 saturated carbocycles. The molecule has 0 aliphatic carbocycles. The van der Waals surface area contributed by atoms with Crippen LogP contribution in [0.2, 0.25) is 0 Å². The molecule has 0 radical (unpaired) electrons. The number of esters is 2. The fourth-order valence-electron chi connectivity index (χ4n) is 1.15. The summed E-state index contributed by atoms with van der Waals surface area (Å²) in [4.78, 5) is 43.3. The molecule has 8 heteroatoms. The molecule has 0 amide bonds. The maximum atomic E-state index is 11.3. The summed E-state index contributed by atoms with van der Waals surface area (Å²) in [5.41, 5.74) is 5.41. The number of ketones is 1. The van der Waals surface area contributed by atoms with Crippen molar-refractivity contribution in [1.82, 2.24) is 0 Å². The van der Waals surface area contributed by atoms with E-state index in [1.54, 1.807) is 0 Å². The molecule has 0 aromatic heterocycles. The summed E-state index contributed by atoms with van der Waals surface area (Å²) in [7, 11) is 0. The summed E-state index contributed by atoms with van der Waals surface area (Å²) >= 11 is 0. The molecule has 0 aliphatic rings. The quantitative estimate of drug-likeness (QED) is 0.411. The van der Waals surface area contributed by atoms with Gasteiger partial charge in [0.25, 0.3) is 0 Å². The van der Waals surface area contributed by atoms with Crippen LogP contribution in [-0.4, -0.2) is 48.1 Å². The third-order valence-corrected chi connectivity index (χ3v) is 2.24. The fourth-order valence-corrected chi connectivity index (χ4v) is 1.15.